The van der Waals surface area contributed by atoms with Gasteiger partial charge in [-0.25, -0.2) is 0 Å². The highest BCUT2D eigenvalue weighted by molar-refractivity contribution is 6.18. The molecule has 84 valence electrons. The zero-order chi connectivity index (χ0) is 11.3. The molecule has 0 spiro atoms. The molecule has 1 rings (SSSR count). The third-order valence-corrected chi connectivity index (χ3v) is 3.46. The van der Waals surface area contributed by atoms with Crippen LogP contribution < -0.4 is 5.32 Å². The average Bonchev–Trinajstić information content (AvgIpc) is 2.26. The van der Waals surface area contributed by atoms with E-state index in [0.29, 0.717) is 17.8 Å². The van der Waals surface area contributed by atoms with Crippen molar-refractivity contribution in [1.82, 2.24) is 5.32 Å². The van der Waals surface area contributed by atoms with E-state index < -0.39 is 0 Å². The van der Waals surface area contributed by atoms with Gasteiger partial charge in [0.1, 0.15) is 0 Å². The van der Waals surface area contributed by atoms with Crippen LogP contribution in [0.3, 0.4) is 0 Å². The van der Waals surface area contributed by atoms with E-state index in [4.69, 9.17) is 11.6 Å². The van der Waals surface area contributed by atoms with Crippen LogP contribution in [0.25, 0.3) is 0 Å². The van der Waals surface area contributed by atoms with Crippen molar-refractivity contribution in [2.45, 2.75) is 33.4 Å². The summed E-state index contributed by atoms with van der Waals surface area (Å²) in [6.45, 7) is 7.43. The fourth-order valence-electron chi connectivity index (χ4n) is 1.41. The van der Waals surface area contributed by atoms with Crippen LogP contribution in [-0.4, -0.2) is 11.9 Å². The van der Waals surface area contributed by atoms with Gasteiger partial charge >= 0.3 is 0 Å². The Bertz CT molecular complexity index is 298. The molecule has 0 amide bonds. The van der Waals surface area contributed by atoms with Crippen LogP contribution in [0.4, 0.5) is 0 Å². The van der Waals surface area contributed by atoms with Crippen molar-refractivity contribution in [3.8, 4) is 0 Å². The van der Waals surface area contributed by atoms with Crippen molar-refractivity contribution in [3.05, 3.63) is 35.4 Å². The molecule has 0 aliphatic carbocycles. The highest BCUT2D eigenvalue weighted by Crippen LogP contribution is 2.09. The Labute approximate surface area is 97.8 Å². The number of rotatable bonds is 5. The van der Waals surface area contributed by atoms with Crippen LogP contribution in [0.15, 0.2) is 24.3 Å². The zero-order valence-electron chi connectivity index (χ0n) is 9.76. The summed E-state index contributed by atoms with van der Waals surface area (Å²) in [4.78, 5) is 0. The Morgan fingerprint density at radius 2 is 1.93 bits per heavy atom. The van der Waals surface area contributed by atoms with Gasteiger partial charge < -0.3 is 5.32 Å². The first-order chi connectivity index (χ1) is 7.15. The van der Waals surface area contributed by atoms with Crippen molar-refractivity contribution >= 4 is 11.6 Å². The van der Waals surface area contributed by atoms with Crippen molar-refractivity contribution in [2.75, 3.05) is 5.88 Å². The van der Waals surface area contributed by atoms with Crippen LogP contribution in [0.5, 0.6) is 0 Å². The molecule has 2 atom stereocenters. The van der Waals surface area contributed by atoms with Crippen molar-refractivity contribution in [2.24, 2.45) is 5.92 Å². The van der Waals surface area contributed by atoms with Gasteiger partial charge in [-0.2, -0.15) is 0 Å². The summed E-state index contributed by atoms with van der Waals surface area (Å²) in [7, 11) is 0. The first kappa shape index (κ1) is 12.5. The molecular weight excluding hydrogens is 206 g/mol. The second-order valence-corrected chi connectivity index (χ2v) is 4.54. The Balaban J connectivity index is 2.47. The summed E-state index contributed by atoms with van der Waals surface area (Å²) >= 11 is 5.82. The van der Waals surface area contributed by atoms with Crippen LogP contribution in [0.1, 0.15) is 25.0 Å². The summed E-state index contributed by atoms with van der Waals surface area (Å²) < 4.78 is 0. The number of hydrogen-bond acceptors (Lipinski definition) is 1. The third kappa shape index (κ3) is 3.84. The molecule has 0 radical (unpaired) electrons. The van der Waals surface area contributed by atoms with E-state index in [1.54, 1.807) is 0 Å². The van der Waals surface area contributed by atoms with Crippen LogP contribution in [0, 0.1) is 12.8 Å². The summed E-state index contributed by atoms with van der Waals surface area (Å²) in [6.07, 6.45) is 0. The number of hydrogen-bond donors (Lipinski definition) is 1. The van der Waals surface area contributed by atoms with Gasteiger partial charge in [0.15, 0.2) is 0 Å². The van der Waals surface area contributed by atoms with Crippen molar-refractivity contribution in [1.29, 1.82) is 0 Å². The van der Waals surface area contributed by atoms with Gasteiger partial charge in [0.05, 0.1) is 0 Å². The first-order valence-corrected chi connectivity index (χ1v) is 6.02. The highest BCUT2D eigenvalue weighted by atomic mass is 35.5. The Kier molecular flexibility index (Phi) is 5.13. The van der Waals surface area contributed by atoms with Crippen LogP contribution >= 0.6 is 11.6 Å². The SMILES string of the molecule is Cc1ccccc1CNC(C)C(C)CCl. The minimum atomic E-state index is 0.460. The molecule has 0 saturated heterocycles. The summed E-state index contributed by atoms with van der Waals surface area (Å²) in [5, 5.41) is 3.51. The Morgan fingerprint density at radius 1 is 1.27 bits per heavy atom. The molecule has 1 aromatic rings. The molecule has 0 aromatic heterocycles. The number of nitrogens with one attached hydrogen (secondary N) is 1. The fourth-order valence-corrected chi connectivity index (χ4v) is 1.68. The third-order valence-electron chi connectivity index (χ3n) is 2.97. The molecule has 15 heavy (non-hydrogen) atoms. The largest absolute Gasteiger partial charge is 0.310 e. The summed E-state index contributed by atoms with van der Waals surface area (Å²) in [5.41, 5.74) is 2.71. The number of halogens is 1. The molecular formula is C13H20ClN. The second kappa shape index (κ2) is 6.14. The second-order valence-electron chi connectivity index (χ2n) is 4.23. The zero-order valence-corrected chi connectivity index (χ0v) is 10.5. The lowest BCUT2D eigenvalue weighted by Gasteiger charge is -2.19. The lowest BCUT2D eigenvalue weighted by molar-refractivity contribution is 0.429. The molecule has 1 aromatic carbocycles. The van der Waals surface area contributed by atoms with Gasteiger partial charge in [-0.05, 0) is 30.9 Å². The number of aryl methyl sites for hydroxylation is 1. The maximum absolute atomic E-state index is 5.82. The van der Waals surface area contributed by atoms with E-state index in [1.165, 1.54) is 11.1 Å². The van der Waals surface area contributed by atoms with E-state index in [1.807, 2.05) is 0 Å². The maximum atomic E-state index is 5.82. The maximum Gasteiger partial charge on any atom is 0.0263 e. The molecule has 2 unspecified atom stereocenters. The van der Waals surface area contributed by atoms with E-state index in [0.717, 1.165) is 6.54 Å². The smallest absolute Gasteiger partial charge is 0.0263 e. The normalized spacial score (nSPS) is 14.9. The standard InChI is InChI=1S/C13H20ClN/c1-10-6-4-5-7-13(10)9-15-12(3)11(2)8-14/h4-7,11-12,15H,8-9H2,1-3H3. The Hall–Kier alpha value is -0.530. The van der Waals surface area contributed by atoms with E-state index in [9.17, 15) is 0 Å². The van der Waals surface area contributed by atoms with Gasteiger partial charge in [-0.15, -0.1) is 11.6 Å². The molecule has 0 fully saturated rings. The van der Waals surface area contributed by atoms with Gasteiger partial charge in [0.2, 0.25) is 0 Å². The summed E-state index contributed by atoms with van der Waals surface area (Å²) in [5.74, 6) is 1.22. The predicted octanol–water partition coefficient (Wildman–Crippen LogP) is 3.35. The molecule has 0 heterocycles. The molecule has 1 N–H and O–H groups in total. The van der Waals surface area contributed by atoms with Crippen molar-refractivity contribution in [3.63, 3.8) is 0 Å². The van der Waals surface area contributed by atoms with E-state index >= 15 is 0 Å². The van der Waals surface area contributed by atoms with E-state index in [-0.39, 0.29) is 0 Å². The lowest BCUT2D eigenvalue weighted by atomic mass is 10.0. The Morgan fingerprint density at radius 3 is 2.53 bits per heavy atom. The van der Waals surface area contributed by atoms with Crippen LogP contribution in [0.2, 0.25) is 0 Å². The molecule has 2 heteroatoms. The van der Waals surface area contributed by atoms with Gasteiger partial charge in [-0.3, -0.25) is 0 Å². The average molecular weight is 226 g/mol. The minimum Gasteiger partial charge on any atom is -0.310 e. The van der Waals surface area contributed by atoms with Gasteiger partial charge in [0, 0.05) is 18.5 Å². The first-order valence-electron chi connectivity index (χ1n) is 5.49. The lowest BCUT2D eigenvalue weighted by Crippen LogP contribution is -2.32. The fraction of sp³-hybridized carbons (Fsp3) is 0.538. The topological polar surface area (TPSA) is 12.0 Å². The quantitative estimate of drug-likeness (QED) is 0.758. The van der Waals surface area contributed by atoms with E-state index in [2.05, 4.69) is 50.4 Å². The summed E-state index contributed by atoms with van der Waals surface area (Å²) in [6, 6.07) is 8.93. The molecule has 0 saturated carbocycles. The van der Waals surface area contributed by atoms with Crippen LogP contribution in [-0.2, 0) is 6.54 Å². The van der Waals surface area contributed by atoms with Gasteiger partial charge in [-0.1, -0.05) is 31.2 Å². The number of alkyl halides is 1. The van der Waals surface area contributed by atoms with Crippen molar-refractivity contribution < 1.29 is 0 Å². The monoisotopic (exact) mass is 225 g/mol. The molecule has 0 bridgehead atoms. The molecule has 0 aliphatic rings. The highest BCUT2D eigenvalue weighted by Gasteiger charge is 2.10. The molecule has 0 aliphatic heterocycles. The molecule has 1 nitrogen and oxygen atoms in total. The predicted molar refractivity (Wildman–Crippen MR) is 67.4 cm³/mol. The van der Waals surface area contributed by atoms with Gasteiger partial charge in [0.25, 0.3) is 0 Å². The minimum absolute atomic E-state index is 0.460. The number of benzene rings is 1.